The van der Waals surface area contributed by atoms with Gasteiger partial charge in [0, 0.05) is 13.2 Å². The summed E-state index contributed by atoms with van der Waals surface area (Å²) in [5.41, 5.74) is 0. The molecule has 0 radical (unpaired) electrons. The zero-order chi connectivity index (χ0) is 12.6. The van der Waals surface area contributed by atoms with Crippen molar-refractivity contribution in [2.45, 2.75) is 40.0 Å². The highest BCUT2D eigenvalue weighted by atomic mass is 32.2. The summed E-state index contributed by atoms with van der Waals surface area (Å²) < 4.78 is 26.9. The molecule has 16 heavy (non-hydrogen) atoms. The van der Waals surface area contributed by atoms with Crippen LogP contribution in [0, 0.1) is 11.8 Å². The summed E-state index contributed by atoms with van der Waals surface area (Å²) in [6.45, 7) is 7.85. The lowest BCUT2D eigenvalue weighted by Gasteiger charge is -2.11. The Morgan fingerprint density at radius 2 is 1.62 bits per heavy atom. The predicted molar refractivity (Wildman–Crippen MR) is 66.6 cm³/mol. The van der Waals surface area contributed by atoms with Crippen LogP contribution in [0.3, 0.4) is 0 Å². The molecule has 0 saturated carbocycles. The van der Waals surface area contributed by atoms with E-state index in [1.54, 1.807) is 0 Å². The van der Waals surface area contributed by atoms with Crippen LogP contribution in [0.5, 0.6) is 0 Å². The molecule has 0 aromatic carbocycles. The van der Waals surface area contributed by atoms with Gasteiger partial charge in [-0.05, 0) is 31.1 Å². The third-order valence-corrected chi connectivity index (χ3v) is 3.29. The van der Waals surface area contributed by atoms with Crippen LogP contribution in [0.4, 0.5) is 0 Å². The summed E-state index contributed by atoms with van der Waals surface area (Å²) in [5.74, 6) is 1.08. The molecule has 1 atom stereocenters. The Labute approximate surface area is 99.6 Å². The molecule has 0 aliphatic heterocycles. The lowest BCUT2D eigenvalue weighted by Crippen LogP contribution is -2.18. The van der Waals surface area contributed by atoms with Crippen LogP contribution >= 0.6 is 0 Å². The number of rotatable bonds is 9. The number of primary sulfonamides is 1. The van der Waals surface area contributed by atoms with Gasteiger partial charge < -0.3 is 4.74 Å². The molecule has 0 bridgehead atoms. The number of sulfonamides is 1. The zero-order valence-electron chi connectivity index (χ0n) is 10.6. The van der Waals surface area contributed by atoms with Crippen LogP contribution in [0.1, 0.15) is 40.0 Å². The number of hydrogen-bond donors (Lipinski definition) is 1. The van der Waals surface area contributed by atoms with Crippen molar-refractivity contribution in [1.29, 1.82) is 0 Å². The first-order valence-electron chi connectivity index (χ1n) is 5.89. The standard InChI is InChI=1S/C11H25NO3S/c1-10(2)4-7-15-8-5-11(3)6-9-16(12,13)14/h10-11H,4-9H2,1-3H3,(H2,12,13,14). The smallest absolute Gasteiger partial charge is 0.209 e. The van der Waals surface area contributed by atoms with Crippen LogP contribution < -0.4 is 5.14 Å². The summed E-state index contributed by atoms with van der Waals surface area (Å²) in [6.07, 6.45) is 2.59. The van der Waals surface area contributed by atoms with Crippen molar-refractivity contribution in [2.24, 2.45) is 17.0 Å². The molecule has 98 valence electrons. The highest BCUT2D eigenvalue weighted by molar-refractivity contribution is 7.89. The molecule has 1 unspecified atom stereocenters. The van der Waals surface area contributed by atoms with Crippen LogP contribution in [0.15, 0.2) is 0 Å². The minimum absolute atomic E-state index is 0.0696. The Morgan fingerprint density at radius 3 is 2.12 bits per heavy atom. The highest BCUT2D eigenvalue weighted by Gasteiger charge is 2.08. The number of nitrogens with two attached hydrogens (primary N) is 1. The van der Waals surface area contributed by atoms with Crippen molar-refractivity contribution in [2.75, 3.05) is 19.0 Å². The first-order valence-corrected chi connectivity index (χ1v) is 7.61. The number of hydrogen-bond acceptors (Lipinski definition) is 3. The first kappa shape index (κ1) is 15.9. The third kappa shape index (κ3) is 11.9. The maximum atomic E-state index is 10.7. The van der Waals surface area contributed by atoms with E-state index >= 15 is 0 Å². The fourth-order valence-corrected chi connectivity index (χ4v) is 1.95. The van der Waals surface area contributed by atoms with Gasteiger partial charge in [-0.3, -0.25) is 0 Å². The Morgan fingerprint density at radius 1 is 1.06 bits per heavy atom. The van der Waals surface area contributed by atoms with Crippen molar-refractivity contribution < 1.29 is 13.2 Å². The van der Waals surface area contributed by atoms with Crippen LogP contribution in [0.2, 0.25) is 0 Å². The van der Waals surface area contributed by atoms with E-state index in [2.05, 4.69) is 13.8 Å². The molecule has 0 aliphatic rings. The van der Waals surface area contributed by atoms with Gasteiger partial charge >= 0.3 is 0 Å². The van der Waals surface area contributed by atoms with Gasteiger partial charge in [-0.2, -0.15) is 0 Å². The molecule has 0 rings (SSSR count). The molecule has 0 aromatic heterocycles. The minimum Gasteiger partial charge on any atom is -0.381 e. The van der Waals surface area contributed by atoms with Gasteiger partial charge in [-0.1, -0.05) is 20.8 Å². The van der Waals surface area contributed by atoms with E-state index in [1.165, 1.54) is 0 Å². The van der Waals surface area contributed by atoms with E-state index in [4.69, 9.17) is 9.88 Å². The van der Waals surface area contributed by atoms with Gasteiger partial charge in [0.15, 0.2) is 0 Å². The van der Waals surface area contributed by atoms with E-state index in [1.807, 2.05) is 6.92 Å². The molecule has 0 fully saturated rings. The molecule has 0 aliphatic carbocycles. The maximum Gasteiger partial charge on any atom is 0.209 e. The highest BCUT2D eigenvalue weighted by Crippen LogP contribution is 2.09. The van der Waals surface area contributed by atoms with Crippen molar-refractivity contribution in [3.05, 3.63) is 0 Å². The summed E-state index contributed by atoms with van der Waals surface area (Å²) in [7, 11) is -3.31. The van der Waals surface area contributed by atoms with E-state index in [0.29, 0.717) is 24.9 Å². The molecular weight excluding hydrogens is 226 g/mol. The summed E-state index contributed by atoms with van der Waals surface area (Å²) in [6, 6.07) is 0. The fourth-order valence-electron chi connectivity index (χ4n) is 1.22. The summed E-state index contributed by atoms with van der Waals surface area (Å²) in [5, 5.41) is 4.93. The molecular formula is C11H25NO3S. The van der Waals surface area contributed by atoms with Crippen molar-refractivity contribution in [3.8, 4) is 0 Å². The largest absolute Gasteiger partial charge is 0.381 e. The molecule has 2 N–H and O–H groups in total. The average molecular weight is 251 g/mol. The fraction of sp³-hybridized carbons (Fsp3) is 1.00. The van der Waals surface area contributed by atoms with Gasteiger partial charge in [0.1, 0.15) is 0 Å². The second kappa shape index (κ2) is 8.03. The van der Waals surface area contributed by atoms with Gasteiger partial charge in [0.2, 0.25) is 10.0 Å². The molecule has 0 heterocycles. The van der Waals surface area contributed by atoms with Crippen LogP contribution in [0.25, 0.3) is 0 Å². The van der Waals surface area contributed by atoms with Crippen molar-refractivity contribution >= 4 is 10.0 Å². The molecule has 0 aromatic rings. The van der Waals surface area contributed by atoms with Crippen LogP contribution in [-0.4, -0.2) is 27.4 Å². The van der Waals surface area contributed by atoms with E-state index in [-0.39, 0.29) is 5.75 Å². The minimum atomic E-state index is -3.31. The third-order valence-electron chi connectivity index (χ3n) is 2.49. The number of ether oxygens (including phenoxy) is 1. The normalized spacial score (nSPS) is 14.3. The van der Waals surface area contributed by atoms with E-state index in [9.17, 15) is 8.42 Å². The average Bonchev–Trinajstić information content (AvgIpc) is 2.12. The van der Waals surface area contributed by atoms with Crippen molar-refractivity contribution in [1.82, 2.24) is 0 Å². The molecule has 0 saturated heterocycles. The predicted octanol–water partition coefficient (Wildman–Crippen LogP) is 1.75. The second-order valence-corrected chi connectivity index (χ2v) is 6.58. The maximum absolute atomic E-state index is 10.7. The summed E-state index contributed by atoms with van der Waals surface area (Å²) >= 11 is 0. The van der Waals surface area contributed by atoms with Gasteiger partial charge in [-0.15, -0.1) is 0 Å². The van der Waals surface area contributed by atoms with Gasteiger partial charge in [0.25, 0.3) is 0 Å². The van der Waals surface area contributed by atoms with E-state index in [0.717, 1.165) is 19.4 Å². The quantitative estimate of drug-likeness (QED) is 0.635. The van der Waals surface area contributed by atoms with Gasteiger partial charge in [0.05, 0.1) is 5.75 Å². The zero-order valence-corrected chi connectivity index (χ0v) is 11.4. The summed E-state index contributed by atoms with van der Waals surface area (Å²) in [4.78, 5) is 0. The monoisotopic (exact) mass is 251 g/mol. The molecule has 0 spiro atoms. The topological polar surface area (TPSA) is 69.4 Å². The molecule has 4 nitrogen and oxygen atoms in total. The van der Waals surface area contributed by atoms with Crippen LogP contribution in [-0.2, 0) is 14.8 Å². The molecule has 0 amide bonds. The second-order valence-electron chi connectivity index (χ2n) is 4.84. The Hall–Kier alpha value is -0.130. The lowest BCUT2D eigenvalue weighted by atomic mass is 10.1. The first-order chi connectivity index (χ1) is 7.31. The SMILES string of the molecule is CC(C)CCOCCC(C)CCS(N)(=O)=O. The van der Waals surface area contributed by atoms with E-state index < -0.39 is 10.0 Å². The Kier molecular flexibility index (Phi) is 7.97. The van der Waals surface area contributed by atoms with Crippen molar-refractivity contribution in [3.63, 3.8) is 0 Å². The lowest BCUT2D eigenvalue weighted by molar-refractivity contribution is 0.112. The van der Waals surface area contributed by atoms with Gasteiger partial charge in [-0.25, -0.2) is 13.6 Å². The molecule has 5 heteroatoms. The Bertz CT molecular complexity index is 262. The Balaban J connectivity index is 3.41.